The van der Waals surface area contributed by atoms with Crippen LogP contribution >= 0.6 is 11.3 Å². The first-order valence-corrected chi connectivity index (χ1v) is 5.86. The van der Waals surface area contributed by atoms with Crippen molar-refractivity contribution >= 4 is 27.1 Å². The lowest BCUT2D eigenvalue weighted by Crippen LogP contribution is -2.02. The van der Waals surface area contributed by atoms with Crippen LogP contribution in [0.1, 0.15) is 16.6 Å². The van der Waals surface area contributed by atoms with Gasteiger partial charge in [0.1, 0.15) is 4.88 Å². The second kappa shape index (κ2) is 3.43. The van der Waals surface area contributed by atoms with Gasteiger partial charge in [0.15, 0.2) is 0 Å². The van der Waals surface area contributed by atoms with Crippen molar-refractivity contribution in [3.05, 3.63) is 11.1 Å². The standard InChI is InChI=1S/C6H7NO4S2/c1-2-13(10,11)6-7-3-4(12-6)5(8)9/h3H,2H2,1H3,(H,8,9). The van der Waals surface area contributed by atoms with E-state index in [9.17, 15) is 13.2 Å². The van der Waals surface area contributed by atoms with E-state index >= 15 is 0 Å². The number of hydrogen-bond donors (Lipinski definition) is 1. The summed E-state index contributed by atoms with van der Waals surface area (Å²) in [5.41, 5.74) is 0. The molecule has 0 saturated carbocycles. The molecular weight excluding hydrogens is 214 g/mol. The van der Waals surface area contributed by atoms with E-state index < -0.39 is 15.8 Å². The minimum Gasteiger partial charge on any atom is -0.477 e. The summed E-state index contributed by atoms with van der Waals surface area (Å²) < 4.78 is 22.3. The molecule has 0 unspecified atom stereocenters. The largest absolute Gasteiger partial charge is 0.477 e. The number of nitrogens with zero attached hydrogens (tertiary/aromatic N) is 1. The molecule has 0 bridgehead atoms. The molecule has 0 spiro atoms. The highest BCUT2D eigenvalue weighted by Gasteiger charge is 2.18. The Hall–Kier alpha value is -0.950. The molecule has 0 aromatic carbocycles. The van der Waals surface area contributed by atoms with Crippen LogP contribution in [0, 0.1) is 0 Å². The molecule has 0 aliphatic carbocycles. The smallest absolute Gasteiger partial charge is 0.347 e. The third-order valence-corrected chi connectivity index (χ3v) is 4.53. The number of sulfone groups is 1. The van der Waals surface area contributed by atoms with Gasteiger partial charge in [0, 0.05) is 0 Å². The summed E-state index contributed by atoms with van der Waals surface area (Å²) in [6.07, 6.45) is 1.05. The van der Waals surface area contributed by atoms with Gasteiger partial charge in [0.2, 0.25) is 14.2 Å². The highest BCUT2D eigenvalue weighted by molar-refractivity contribution is 7.93. The molecule has 1 aromatic heterocycles. The van der Waals surface area contributed by atoms with Crippen LogP contribution in [0.25, 0.3) is 0 Å². The molecule has 0 radical (unpaired) electrons. The van der Waals surface area contributed by atoms with Crippen LogP contribution in [0.3, 0.4) is 0 Å². The predicted octanol–water partition coefficient (Wildman–Crippen LogP) is 0.635. The lowest BCUT2D eigenvalue weighted by atomic mass is 10.6. The molecule has 7 heteroatoms. The van der Waals surface area contributed by atoms with Crippen LogP contribution < -0.4 is 0 Å². The molecule has 5 nitrogen and oxygen atoms in total. The zero-order valence-corrected chi connectivity index (χ0v) is 8.35. The van der Waals surface area contributed by atoms with Gasteiger partial charge >= 0.3 is 5.97 Å². The Morgan fingerprint density at radius 3 is 2.69 bits per heavy atom. The molecule has 0 aliphatic heterocycles. The summed E-state index contributed by atoms with van der Waals surface area (Å²) in [6, 6.07) is 0. The number of thiazole rings is 1. The number of aromatic carboxylic acids is 1. The Bertz CT molecular complexity index is 420. The summed E-state index contributed by atoms with van der Waals surface area (Å²) in [6.45, 7) is 1.48. The van der Waals surface area contributed by atoms with E-state index in [4.69, 9.17) is 5.11 Å². The fourth-order valence-corrected chi connectivity index (χ4v) is 2.70. The molecule has 1 heterocycles. The van der Waals surface area contributed by atoms with Crippen LogP contribution in [0.5, 0.6) is 0 Å². The van der Waals surface area contributed by atoms with E-state index in [1.165, 1.54) is 6.92 Å². The van der Waals surface area contributed by atoms with Gasteiger partial charge in [-0.05, 0) is 0 Å². The lowest BCUT2D eigenvalue weighted by molar-refractivity contribution is 0.0702. The second-order valence-electron chi connectivity index (χ2n) is 2.20. The molecule has 0 atom stereocenters. The SMILES string of the molecule is CCS(=O)(=O)c1ncc(C(=O)O)s1. The number of carbonyl (C=O) groups is 1. The number of carboxylic acids is 1. The van der Waals surface area contributed by atoms with Crippen LogP contribution in [0.4, 0.5) is 0 Å². The van der Waals surface area contributed by atoms with E-state index in [1.807, 2.05) is 0 Å². The molecule has 0 amide bonds. The van der Waals surface area contributed by atoms with Gasteiger partial charge in [0.25, 0.3) is 0 Å². The van der Waals surface area contributed by atoms with E-state index in [-0.39, 0.29) is 15.0 Å². The lowest BCUT2D eigenvalue weighted by Gasteiger charge is -1.91. The van der Waals surface area contributed by atoms with E-state index in [0.717, 1.165) is 6.20 Å². The van der Waals surface area contributed by atoms with Crippen molar-refractivity contribution in [2.75, 3.05) is 5.75 Å². The summed E-state index contributed by atoms with van der Waals surface area (Å²) in [5.74, 6) is -1.23. The minimum absolute atomic E-state index is 0.0629. The van der Waals surface area contributed by atoms with Gasteiger partial charge in [-0.2, -0.15) is 0 Å². The van der Waals surface area contributed by atoms with Crippen molar-refractivity contribution in [3.63, 3.8) is 0 Å². The summed E-state index contributed by atoms with van der Waals surface area (Å²) in [5, 5.41) is 8.51. The molecule has 1 aromatic rings. The molecule has 1 N–H and O–H groups in total. The van der Waals surface area contributed by atoms with Gasteiger partial charge in [-0.15, -0.1) is 0 Å². The summed E-state index contributed by atoms with van der Waals surface area (Å²) >= 11 is 0.674. The van der Waals surface area contributed by atoms with Gasteiger partial charge < -0.3 is 5.11 Å². The monoisotopic (exact) mass is 221 g/mol. The van der Waals surface area contributed by atoms with Crippen molar-refractivity contribution in [2.45, 2.75) is 11.3 Å². The number of rotatable bonds is 3. The first kappa shape index (κ1) is 10.1. The molecular formula is C6H7NO4S2. The molecule has 72 valence electrons. The van der Waals surface area contributed by atoms with Crippen molar-refractivity contribution in [1.29, 1.82) is 0 Å². The van der Waals surface area contributed by atoms with Gasteiger partial charge in [-0.3, -0.25) is 0 Å². The Morgan fingerprint density at radius 2 is 2.31 bits per heavy atom. The number of hydrogen-bond acceptors (Lipinski definition) is 5. The fraction of sp³-hybridized carbons (Fsp3) is 0.333. The van der Waals surface area contributed by atoms with Crippen LogP contribution in [0.2, 0.25) is 0 Å². The van der Waals surface area contributed by atoms with Crippen molar-refractivity contribution in [1.82, 2.24) is 4.98 Å². The van der Waals surface area contributed by atoms with Crippen molar-refractivity contribution in [3.8, 4) is 0 Å². The number of aromatic nitrogens is 1. The van der Waals surface area contributed by atoms with Crippen molar-refractivity contribution < 1.29 is 18.3 Å². The zero-order chi connectivity index (χ0) is 10.1. The second-order valence-corrected chi connectivity index (χ2v) is 5.68. The number of carboxylic acid groups (broad SMARTS) is 1. The Labute approximate surface area is 79.0 Å². The summed E-state index contributed by atoms with van der Waals surface area (Å²) in [7, 11) is -3.37. The van der Waals surface area contributed by atoms with Crippen LogP contribution in [-0.2, 0) is 9.84 Å². The Balaban J connectivity index is 3.13. The summed E-state index contributed by atoms with van der Waals surface area (Å²) in [4.78, 5) is 13.9. The first-order chi connectivity index (χ1) is 5.97. The normalized spacial score (nSPS) is 11.5. The maximum Gasteiger partial charge on any atom is 0.347 e. The van der Waals surface area contributed by atoms with Gasteiger partial charge in [-0.25, -0.2) is 18.2 Å². The van der Waals surface area contributed by atoms with Gasteiger partial charge in [0.05, 0.1) is 11.9 Å². The highest BCUT2D eigenvalue weighted by atomic mass is 32.2. The minimum atomic E-state index is -3.37. The molecule has 1 rings (SSSR count). The molecule has 0 saturated heterocycles. The predicted molar refractivity (Wildman–Crippen MR) is 46.8 cm³/mol. The average molecular weight is 221 g/mol. The van der Waals surface area contributed by atoms with E-state index in [2.05, 4.69) is 4.98 Å². The fourth-order valence-electron chi connectivity index (χ4n) is 0.624. The molecule has 13 heavy (non-hydrogen) atoms. The Kier molecular flexibility index (Phi) is 2.67. The average Bonchev–Trinajstić information content (AvgIpc) is 2.52. The zero-order valence-electron chi connectivity index (χ0n) is 6.72. The third-order valence-electron chi connectivity index (χ3n) is 1.34. The topological polar surface area (TPSA) is 84.3 Å². The van der Waals surface area contributed by atoms with Crippen LogP contribution in [-0.4, -0.2) is 30.2 Å². The van der Waals surface area contributed by atoms with Gasteiger partial charge in [-0.1, -0.05) is 18.3 Å². The highest BCUT2D eigenvalue weighted by Crippen LogP contribution is 2.18. The maximum absolute atomic E-state index is 11.2. The molecule has 0 aliphatic rings. The maximum atomic E-state index is 11.2. The van der Waals surface area contributed by atoms with Crippen LogP contribution in [0.15, 0.2) is 10.5 Å². The molecule has 0 fully saturated rings. The first-order valence-electron chi connectivity index (χ1n) is 3.39. The van der Waals surface area contributed by atoms with E-state index in [1.54, 1.807) is 0 Å². The third kappa shape index (κ3) is 2.04. The van der Waals surface area contributed by atoms with E-state index in [0.29, 0.717) is 11.3 Å². The quantitative estimate of drug-likeness (QED) is 0.809. The Morgan fingerprint density at radius 1 is 1.69 bits per heavy atom. The van der Waals surface area contributed by atoms with Crippen molar-refractivity contribution in [2.24, 2.45) is 0 Å².